The van der Waals surface area contributed by atoms with Gasteiger partial charge in [0.25, 0.3) is 0 Å². The zero-order valence-electron chi connectivity index (χ0n) is 39.0. The highest BCUT2D eigenvalue weighted by molar-refractivity contribution is 5.76. The number of carbonyl (C=O) groups is 1. The Morgan fingerprint density at radius 1 is 0.368 bits per heavy atom. The molecule has 3 unspecified atom stereocenters. The second kappa shape index (κ2) is 48.0. The van der Waals surface area contributed by atoms with Gasteiger partial charge < -0.3 is 20.6 Å². The number of unbranched alkanes of at least 4 members (excludes halogenated alkanes) is 40. The minimum absolute atomic E-state index is 0.0434. The number of nitrogens with one attached hydrogen (secondary N) is 1. The summed E-state index contributed by atoms with van der Waals surface area (Å²) in [5.41, 5.74) is 0. The van der Waals surface area contributed by atoms with Crippen LogP contribution in [0.5, 0.6) is 0 Å². The molecule has 342 valence electrons. The van der Waals surface area contributed by atoms with Crippen molar-refractivity contribution in [3.8, 4) is 0 Å². The van der Waals surface area contributed by atoms with Gasteiger partial charge in [0.05, 0.1) is 31.3 Å². The van der Waals surface area contributed by atoms with E-state index < -0.39 is 18.2 Å². The van der Waals surface area contributed by atoms with Crippen molar-refractivity contribution in [2.24, 2.45) is 0 Å². The van der Waals surface area contributed by atoms with Gasteiger partial charge in [-0.2, -0.15) is 0 Å². The minimum atomic E-state index is -0.745. The van der Waals surface area contributed by atoms with E-state index in [9.17, 15) is 20.1 Å². The second-order valence-electron chi connectivity index (χ2n) is 18.5. The molecule has 0 radical (unpaired) electrons. The lowest BCUT2D eigenvalue weighted by Crippen LogP contribution is -2.46. The molecule has 57 heavy (non-hydrogen) atoms. The van der Waals surface area contributed by atoms with E-state index in [1.54, 1.807) is 0 Å². The number of hydrogen-bond donors (Lipinski definition) is 4. The molecule has 0 aromatic rings. The highest BCUT2D eigenvalue weighted by Gasteiger charge is 2.21. The first-order chi connectivity index (χ1) is 28.0. The Labute approximate surface area is 357 Å². The van der Waals surface area contributed by atoms with Crippen LogP contribution in [-0.4, -0.2) is 46.1 Å². The quantitative estimate of drug-likeness (QED) is 0.0461. The summed E-state index contributed by atoms with van der Waals surface area (Å²) >= 11 is 0. The van der Waals surface area contributed by atoms with Gasteiger partial charge in [0.15, 0.2) is 0 Å². The van der Waals surface area contributed by atoms with Crippen molar-refractivity contribution in [1.82, 2.24) is 5.32 Å². The zero-order chi connectivity index (χ0) is 41.5. The fraction of sp³-hybridized carbons (Fsp3) is 0.981. The molecular formula is C52H105NO4. The maximum atomic E-state index is 12.5. The van der Waals surface area contributed by atoms with Gasteiger partial charge in [0.1, 0.15) is 0 Å². The van der Waals surface area contributed by atoms with Crippen LogP contribution < -0.4 is 5.32 Å². The van der Waals surface area contributed by atoms with E-state index in [0.29, 0.717) is 12.8 Å². The van der Waals surface area contributed by atoms with Gasteiger partial charge in [-0.15, -0.1) is 0 Å². The molecule has 0 aliphatic heterocycles. The summed E-state index contributed by atoms with van der Waals surface area (Å²) in [4.78, 5) is 12.5. The van der Waals surface area contributed by atoms with Crippen molar-refractivity contribution >= 4 is 5.91 Å². The maximum Gasteiger partial charge on any atom is 0.222 e. The summed E-state index contributed by atoms with van der Waals surface area (Å²) in [6, 6.07) is -0.653. The molecule has 1 amide bonds. The largest absolute Gasteiger partial charge is 0.394 e. The molecule has 0 heterocycles. The fourth-order valence-corrected chi connectivity index (χ4v) is 8.64. The van der Waals surface area contributed by atoms with E-state index >= 15 is 0 Å². The van der Waals surface area contributed by atoms with E-state index in [4.69, 9.17) is 0 Å². The summed E-state index contributed by atoms with van der Waals surface area (Å²) in [6.07, 6.45) is 56.7. The second-order valence-corrected chi connectivity index (χ2v) is 18.5. The van der Waals surface area contributed by atoms with E-state index in [1.165, 1.54) is 244 Å². The average molecular weight is 808 g/mol. The first-order valence-electron chi connectivity index (χ1n) is 26.3. The van der Waals surface area contributed by atoms with Crippen molar-refractivity contribution in [3.05, 3.63) is 0 Å². The van der Waals surface area contributed by atoms with Crippen molar-refractivity contribution in [3.63, 3.8) is 0 Å². The Kier molecular flexibility index (Phi) is 47.5. The summed E-state index contributed by atoms with van der Waals surface area (Å²) in [7, 11) is 0. The summed E-state index contributed by atoms with van der Waals surface area (Å²) in [6.45, 7) is 4.30. The number of aliphatic hydroxyl groups excluding tert-OH is 3. The summed E-state index contributed by atoms with van der Waals surface area (Å²) in [5, 5.41) is 33.6. The maximum absolute atomic E-state index is 12.5. The van der Waals surface area contributed by atoms with Crippen molar-refractivity contribution in [1.29, 1.82) is 0 Å². The number of aliphatic hydroxyl groups is 3. The van der Waals surface area contributed by atoms with Crippen LogP contribution in [-0.2, 0) is 4.79 Å². The molecule has 4 N–H and O–H groups in total. The van der Waals surface area contributed by atoms with E-state index in [2.05, 4.69) is 19.2 Å². The third-order valence-corrected chi connectivity index (χ3v) is 12.7. The first kappa shape index (κ1) is 56.4. The third-order valence-electron chi connectivity index (χ3n) is 12.7. The molecule has 0 rings (SSSR count). The Morgan fingerprint density at radius 2 is 0.596 bits per heavy atom. The van der Waals surface area contributed by atoms with Gasteiger partial charge in [0, 0.05) is 0 Å². The highest BCUT2D eigenvalue weighted by Crippen LogP contribution is 2.18. The molecule has 5 heteroatoms. The first-order valence-corrected chi connectivity index (χ1v) is 26.3. The van der Waals surface area contributed by atoms with Gasteiger partial charge in [-0.1, -0.05) is 284 Å². The zero-order valence-corrected chi connectivity index (χ0v) is 39.0. The van der Waals surface area contributed by atoms with Gasteiger partial charge in [-0.3, -0.25) is 4.79 Å². The topological polar surface area (TPSA) is 89.8 Å². The third kappa shape index (κ3) is 44.7. The average Bonchev–Trinajstić information content (AvgIpc) is 3.20. The SMILES string of the molecule is CCCCCCCCCCCCCCCCCCCCCCCCC(O)CC(=O)NC(CO)C(O)CCCCCCCCCCCCCCCCCCCCCC. The molecule has 0 fully saturated rings. The predicted octanol–water partition coefficient (Wildman–Crippen LogP) is 15.8. The normalized spacial score (nSPS) is 13.3. The van der Waals surface area contributed by atoms with Crippen LogP contribution in [0.25, 0.3) is 0 Å². The monoisotopic (exact) mass is 808 g/mol. The Morgan fingerprint density at radius 3 is 0.842 bits per heavy atom. The molecule has 0 aliphatic rings. The number of rotatable bonds is 49. The summed E-state index contributed by atoms with van der Waals surface area (Å²) in [5.74, 6) is -0.275. The van der Waals surface area contributed by atoms with Gasteiger partial charge in [-0.05, 0) is 12.8 Å². The van der Waals surface area contributed by atoms with Crippen LogP contribution in [0.1, 0.15) is 303 Å². The van der Waals surface area contributed by atoms with Gasteiger partial charge in [0.2, 0.25) is 5.91 Å². The number of carbonyl (C=O) groups excluding carboxylic acids is 1. The van der Waals surface area contributed by atoms with E-state index in [0.717, 1.165) is 25.7 Å². The molecule has 0 aromatic carbocycles. The van der Waals surface area contributed by atoms with Crippen molar-refractivity contribution in [2.75, 3.05) is 6.61 Å². The minimum Gasteiger partial charge on any atom is -0.394 e. The Hall–Kier alpha value is -0.650. The highest BCUT2D eigenvalue weighted by atomic mass is 16.3. The molecule has 0 aromatic heterocycles. The molecule has 0 bridgehead atoms. The van der Waals surface area contributed by atoms with Crippen LogP contribution in [0.15, 0.2) is 0 Å². The van der Waals surface area contributed by atoms with Crippen LogP contribution in [0.3, 0.4) is 0 Å². The van der Waals surface area contributed by atoms with E-state index in [1.807, 2.05) is 0 Å². The van der Waals surface area contributed by atoms with Crippen LogP contribution >= 0.6 is 0 Å². The van der Waals surface area contributed by atoms with E-state index in [-0.39, 0.29) is 18.9 Å². The lowest BCUT2D eigenvalue weighted by molar-refractivity contribution is -0.125. The Balaban J connectivity index is 3.51. The molecule has 0 aliphatic carbocycles. The molecule has 0 spiro atoms. The Bertz CT molecular complexity index is 762. The summed E-state index contributed by atoms with van der Waals surface area (Å²) < 4.78 is 0. The predicted molar refractivity (Wildman–Crippen MR) is 250 cm³/mol. The number of hydrogen-bond acceptors (Lipinski definition) is 4. The number of amides is 1. The molecule has 3 atom stereocenters. The van der Waals surface area contributed by atoms with Crippen LogP contribution in [0, 0.1) is 0 Å². The van der Waals surface area contributed by atoms with Gasteiger partial charge >= 0.3 is 0 Å². The van der Waals surface area contributed by atoms with Crippen LogP contribution in [0.4, 0.5) is 0 Å². The fourth-order valence-electron chi connectivity index (χ4n) is 8.64. The molecular weight excluding hydrogens is 703 g/mol. The van der Waals surface area contributed by atoms with Crippen molar-refractivity contribution in [2.45, 2.75) is 321 Å². The molecule has 0 saturated carbocycles. The lowest BCUT2D eigenvalue weighted by Gasteiger charge is -2.23. The van der Waals surface area contributed by atoms with Gasteiger partial charge in [-0.25, -0.2) is 0 Å². The lowest BCUT2D eigenvalue weighted by atomic mass is 10.0. The smallest absolute Gasteiger partial charge is 0.222 e. The molecule has 5 nitrogen and oxygen atoms in total. The van der Waals surface area contributed by atoms with Crippen molar-refractivity contribution < 1.29 is 20.1 Å². The standard InChI is InChI=1S/C52H105NO4/c1-3-5-7-9-11-13-15-17-19-21-23-25-26-27-29-31-33-35-37-39-41-43-45-49(55)47-52(57)53-50(48-54)51(56)46-44-42-40-38-36-34-32-30-28-24-22-20-18-16-14-12-10-8-6-4-2/h49-51,54-56H,3-48H2,1-2H3,(H,53,57). The van der Waals surface area contributed by atoms with Crippen LogP contribution in [0.2, 0.25) is 0 Å². The molecule has 0 saturated heterocycles.